The van der Waals surface area contributed by atoms with Crippen molar-refractivity contribution in [3.8, 4) is 6.07 Å². The fourth-order valence-corrected chi connectivity index (χ4v) is 3.55. The van der Waals surface area contributed by atoms with Gasteiger partial charge in [0.15, 0.2) is 0 Å². The predicted molar refractivity (Wildman–Crippen MR) is 93.0 cm³/mol. The molecule has 0 saturated carbocycles. The van der Waals surface area contributed by atoms with Gasteiger partial charge in [-0.05, 0) is 38.3 Å². The monoisotopic (exact) mass is 341 g/mol. The molecule has 2 fully saturated rings. The third-order valence-corrected chi connectivity index (χ3v) is 4.84. The Morgan fingerprint density at radius 1 is 1.32 bits per heavy atom. The number of aromatic nitrogens is 1. The molecule has 3 rings (SSSR count). The maximum atomic E-state index is 12.6. The van der Waals surface area contributed by atoms with E-state index in [4.69, 9.17) is 0 Å². The molecule has 1 aromatic heterocycles. The zero-order valence-corrected chi connectivity index (χ0v) is 14.7. The molecule has 0 bridgehead atoms. The van der Waals surface area contributed by atoms with Crippen molar-refractivity contribution in [1.82, 2.24) is 15.2 Å². The van der Waals surface area contributed by atoms with E-state index in [1.54, 1.807) is 0 Å². The molecule has 7 nitrogen and oxygen atoms in total. The van der Waals surface area contributed by atoms with Crippen LogP contribution in [0.2, 0.25) is 0 Å². The van der Waals surface area contributed by atoms with Gasteiger partial charge in [-0.1, -0.05) is 0 Å². The van der Waals surface area contributed by atoms with Crippen molar-refractivity contribution in [3.05, 3.63) is 22.9 Å². The summed E-state index contributed by atoms with van der Waals surface area (Å²) >= 11 is 0. The predicted octanol–water partition coefficient (Wildman–Crippen LogP) is 0.887. The number of pyridine rings is 1. The SMILES string of the molecule is Cc1cc(C)c(C#N)c(N2CCCN(C(=O)C3CCC(=O)N3)CC2)n1. The minimum absolute atomic E-state index is 0.00147. The van der Waals surface area contributed by atoms with Crippen LogP contribution in [0.15, 0.2) is 6.07 Å². The second-order valence-electron chi connectivity index (χ2n) is 6.72. The van der Waals surface area contributed by atoms with Crippen LogP contribution in [0.3, 0.4) is 0 Å². The van der Waals surface area contributed by atoms with Gasteiger partial charge in [-0.25, -0.2) is 4.98 Å². The van der Waals surface area contributed by atoms with Gasteiger partial charge in [-0.3, -0.25) is 9.59 Å². The summed E-state index contributed by atoms with van der Waals surface area (Å²) in [6, 6.07) is 3.79. The maximum Gasteiger partial charge on any atom is 0.245 e. The maximum absolute atomic E-state index is 12.6. The molecule has 2 aliphatic heterocycles. The highest BCUT2D eigenvalue weighted by atomic mass is 16.2. The van der Waals surface area contributed by atoms with E-state index in [2.05, 4.69) is 21.3 Å². The van der Waals surface area contributed by atoms with Gasteiger partial charge in [0, 0.05) is 38.3 Å². The molecule has 0 aromatic carbocycles. The van der Waals surface area contributed by atoms with Crippen LogP contribution in [0, 0.1) is 25.2 Å². The average Bonchev–Trinajstić information content (AvgIpc) is 2.86. The topological polar surface area (TPSA) is 89.3 Å². The summed E-state index contributed by atoms with van der Waals surface area (Å²) in [5.74, 6) is 0.665. The first-order valence-corrected chi connectivity index (χ1v) is 8.71. The summed E-state index contributed by atoms with van der Waals surface area (Å²) in [5, 5.41) is 12.2. The molecule has 0 radical (unpaired) electrons. The highest BCUT2D eigenvalue weighted by Crippen LogP contribution is 2.23. The Bertz CT molecular complexity index is 740. The van der Waals surface area contributed by atoms with Crippen molar-refractivity contribution in [2.45, 2.75) is 39.2 Å². The first-order chi connectivity index (χ1) is 12.0. The molecule has 0 spiro atoms. The zero-order valence-electron chi connectivity index (χ0n) is 14.7. The van der Waals surface area contributed by atoms with E-state index >= 15 is 0 Å². The van der Waals surface area contributed by atoms with Crippen LogP contribution in [0.1, 0.15) is 36.1 Å². The third kappa shape index (κ3) is 3.58. The summed E-state index contributed by atoms with van der Waals surface area (Å²) in [6.07, 6.45) is 1.81. The Labute approximate surface area is 147 Å². The first-order valence-electron chi connectivity index (χ1n) is 8.71. The van der Waals surface area contributed by atoms with Crippen LogP contribution in [0.25, 0.3) is 0 Å². The van der Waals surface area contributed by atoms with Crippen molar-refractivity contribution in [3.63, 3.8) is 0 Å². The number of hydrogen-bond acceptors (Lipinski definition) is 5. The van der Waals surface area contributed by atoms with Gasteiger partial charge in [0.2, 0.25) is 11.8 Å². The lowest BCUT2D eigenvalue weighted by Crippen LogP contribution is -2.45. The zero-order chi connectivity index (χ0) is 18.0. The number of nitriles is 1. The van der Waals surface area contributed by atoms with Crippen molar-refractivity contribution < 1.29 is 9.59 Å². The highest BCUT2D eigenvalue weighted by molar-refractivity contribution is 5.90. The van der Waals surface area contributed by atoms with Crippen molar-refractivity contribution in [2.75, 3.05) is 31.1 Å². The van der Waals surface area contributed by atoms with Gasteiger partial charge in [0.1, 0.15) is 17.9 Å². The van der Waals surface area contributed by atoms with Gasteiger partial charge in [0.05, 0.1) is 5.56 Å². The lowest BCUT2D eigenvalue weighted by molar-refractivity contribution is -0.134. The summed E-state index contributed by atoms with van der Waals surface area (Å²) < 4.78 is 0. The number of rotatable bonds is 2. The van der Waals surface area contributed by atoms with Gasteiger partial charge in [-0.15, -0.1) is 0 Å². The highest BCUT2D eigenvalue weighted by Gasteiger charge is 2.32. The van der Waals surface area contributed by atoms with E-state index in [0.717, 1.165) is 24.2 Å². The molecule has 7 heteroatoms. The Balaban J connectivity index is 1.73. The van der Waals surface area contributed by atoms with E-state index in [0.29, 0.717) is 43.9 Å². The Morgan fingerprint density at radius 3 is 2.80 bits per heavy atom. The largest absolute Gasteiger partial charge is 0.354 e. The van der Waals surface area contributed by atoms with E-state index in [1.807, 2.05) is 24.8 Å². The van der Waals surface area contributed by atoms with Crippen LogP contribution in [-0.4, -0.2) is 53.9 Å². The van der Waals surface area contributed by atoms with E-state index in [-0.39, 0.29) is 17.9 Å². The fraction of sp³-hybridized carbons (Fsp3) is 0.556. The number of carbonyl (C=O) groups excluding carboxylic acids is 2. The van der Waals surface area contributed by atoms with E-state index in [1.165, 1.54) is 0 Å². The number of hydrogen-bond donors (Lipinski definition) is 1. The van der Waals surface area contributed by atoms with Crippen LogP contribution in [0.4, 0.5) is 5.82 Å². The lowest BCUT2D eigenvalue weighted by atomic mass is 10.1. The number of anilines is 1. The van der Waals surface area contributed by atoms with Crippen molar-refractivity contribution >= 4 is 17.6 Å². The van der Waals surface area contributed by atoms with E-state index in [9.17, 15) is 14.9 Å². The Morgan fingerprint density at radius 2 is 2.12 bits per heavy atom. The van der Waals surface area contributed by atoms with Crippen molar-refractivity contribution in [1.29, 1.82) is 5.26 Å². The molecule has 1 aromatic rings. The van der Waals surface area contributed by atoms with Gasteiger partial charge < -0.3 is 15.1 Å². The summed E-state index contributed by atoms with van der Waals surface area (Å²) in [5.41, 5.74) is 2.42. The molecular weight excluding hydrogens is 318 g/mol. The standard InChI is InChI=1S/C18H23N5O2/c1-12-10-13(2)20-17(14(12)11-19)22-6-3-7-23(9-8-22)18(25)15-4-5-16(24)21-15/h10,15H,3-9H2,1-2H3,(H,21,24). The first kappa shape index (κ1) is 17.2. The molecule has 25 heavy (non-hydrogen) atoms. The number of nitrogens with zero attached hydrogens (tertiary/aromatic N) is 4. The third-order valence-electron chi connectivity index (χ3n) is 4.84. The molecule has 132 valence electrons. The van der Waals surface area contributed by atoms with Crippen LogP contribution in [-0.2, 0) is 9.59 Å². The van der Waals surface area contributed by atoms with E-state index < -0.39 is 0 Å². The molecule has 0 aliphatic carbocycles. The van der Waals surface area contributed by atoms with Gasteiger partial charge in [0.25, 0.3) is 0 Å². The second kappa shape index (κ2) is 7.09. The minimum atomic E-state index is -0.381. The van der Waals surface area contributed by atoms with Gasteiger partial charge >= 0.3 is 0 Å². The van der Waals surface area contributed by atoms with Crippen LogP contribution < -0.4 is 10.2 Å². The Kier molecular flexibility index (Phi) is 4.88. The molecule has 3 heterocycles. The number of aryl methyl sites for hydroxylation is 2. The van der Waals surface area contributed by atoms with Crippen LogP contribution in [0.5, 0.6) is 0 Å². The quantitative estimate of drug-likeness (QED) is 0.863. The molecule has 1 N–H and O–H groups in total. The Hall–Kier alpha value is -2.62. The smallest absolute Gasteiger partial charge is 0.245 e. The number of nitrogens with one attached hydrogen (secondary N) is 1. The normalized spacial score (nSPS) is 20.8. The minimum Gasteiger partial charge on any atom is -0.354 e. The molecule has 1 atom stereocenters. The molecule has 2 saturated heterocycles. The fourth-order valence-electron chi connectivity index (χ4n) is 3.55. The molecule has 2 aliphatic rings. The molecular formula is C18H23N5O2. The number of carbonyl (C=O) groups is 2. The summed E-state index contributed by atoms with van der Waals surface area (Å²) in [7, 11) is 0. The second-order valence-corrected chi connectivity index (χ2v) is 6.72. The van der Waals surface area contributed by atoms with Crippen LogP contribution >= 0.6 is 0 Å². The summed E-state index contributed by atoms with van der Waals surface area (Å²) in [4.78, 5) is 32.4. The van der Waals surface area contributed by atoms with Gasteiger partial charge in [-0.2, -0.15) is 5.26 Å². The summed E-state index contributed by atoms with van der Waals surface area (Å²) in [6.45, 7) is 6.47. The number of amides is 2. The average molecular weight is 341 g/mol. The molecule has 1 unspecified atom stereocenters. The van der Waals surface area contributed by atoms with Crippen molar-refractivity contribution in [2.24, 2.45) is 0 Å². The molecule has 2 amide bonds. The lowest BCUT2D eigenvalue weighted by Gasteiger charge is -2.25.